The van der Waals surface area contributed by atoms with E-state index in [0.29, 0.717) is 5.56 Å². The zero-order valence-electron chi connectivity index (χ0n) is 14.8. The van der Waals surface area contributed by atoms with Gasteiger partial charge in [0.15, 0.2) is 0 Å². The van der Waals surface area contributed by atoms with E-state index in [9.17, 15) is 14.4 Å². The molecular weight excluding hydrogens is 356 g/mol. The van der Waals surface area contributed by atoms with Crippen molar-refractivity contribution in [2.45, 2.75) is 19.9 Å². The van der Waals surface area contributed by atoms with Gasteiger partial charge in [-0.1, -0.05) is 36.3 Å². The number of nitrogens with zero attached hydrogens (tertiary/aromatic N) is 2. The van der Waals surface area contributed by atoms with Gasteiger partial charge < -0.3 is 4.74 Å². The third kappa shape index (κ3) is 3.58. The molecule has 0 saturated carbocycles. The number of esters is 1. The van der Waals surface area contributed by atoms with Crippen LogP contribution in [0.25, 0.3) is 0 Å². The second-order valence-corrected chi connectivity index (χ2v) is 5.75. The van der Waals surface area contributed by atoms with Crippen molar-refractivity contribution in [1.29, 1.82) is 0 Å². The van der Waals surface area contributed by atoms with Gasteiger partial charge in [0.1, 0.15) is 6.04 Å². The summed E-state index contributed by atoms with van der Waals surface area (Å²) in [5.41, 5.74) is 1.05. The van der Waals surface area contributed by atoms with E-state index < -0.39 is 23.9 Å². The van der Waals surface area contributed by atoms with Crippen LogP contribution in [0.3, 0.4) is 0 Å². The van der Waals surface area contributed by atoms with Crippen molar-refractivity contribution >= 4 is 29.5 Å². The molecule has 7 heteroatoms. The topological polar surface area (TPSA) is 66.9 Å². The van der Waals surface area contributed by atoms with Crippen LogP contribution in [0.2, 0.25) is 0 Å². The highest BCUT2D eigenvalue weighted by Crippen LogP contribution is 2.38. The van der Waals surface area contributed by atoms with Crippen LogP contribution in [0, 0.1) is 11.8 Å². The molecule has 1 aliphatic rings. The maximum Gasteiger partial charge on any atom is 0.338 e. The summed E-state index contributed by atoms with van der Waals surface area (Å²) in [7, 11) is 1.24. The van der Waals surface area contributed by atoms with Crippen LogP contribution in [0.5, 0.6) is 0 Å². The summed E-state index contributed by atoms with van der Waals surface area (Å²) in [6.45, 7) is 2.93. The number of benzene rings is 1. The van der Waals surface area contributed by atoms with Gasteiger partial charge in [-0.3, -0.25) is 14.6 Å². The molecule has 0 saturated heterocycles. The van der Waals surface area contributed by atoms with E-state index in [4.69, 9.17) is 16.3 Å². The number of hydrogen-bond acceptors (Lipinski definition) is 4. The van der Waals surface area contributed by atoms with Gasteiger partial charge in [-0.15, -0.1) is 17.5 Å². The SMILES string of the molecule is CC#CCN1C(=O)N(C(C)=O)C(c2ccccc2)C(C(=O)OC)=C1CCl. The molecule has 0 N–H and O–H groups in total. The number of imide groups is 1. The Morgan fingerprint density at radius 3 is 2.42 bits per heavy atom. The van der Waals surface area contributed by atoms with Gasteiger partial charge in [0.2, 0.25) is 5.91 Å². The second kappa shape index (κ2) is 8.54. The average Bonchev–Trinajstić information content (AvgIpc) is 2.65. The Bertz CT molecular complexity index is 808. The van der Waals surface area contributed by atoms with E-state index in [1.165, 1.54) is 18.9 Å². The fourth-order valence-corrected chi connectivity index (χ4v) is 3.15. The molecule has 1 aliphatic heterocycles. The zero-order valence-corrected chi connectivity index (χ0v) is 15.5. The fourth-order valence-electron chi connectivity index (χ4n) is 2.86. The first-order chi connectivity index (χ1) is 12.5. The summed E-state index contributed by atoms with van der Waals surface area (Å²) in [5.74, 6) is 4.23. The molecule has 0 aromatic heterocycles. The van der Waals surface area contributed by atoms with Crippen molar-refractivity contribution in [1.82, 2.24) is 9.80 Å². The maximum atomic E-state index is 13.0. The quantitative estimate of drug-likeness (QED) is 0.461. The van der Waals surface area contributed by atoms with E-state index in [1.54, 1.807) is 37.3 Å². The van der Waals surface area contributed by atoms with Gasteiger partial charge in [0, 0.05) is 6.92 Å². The first kappa shape index (κ1) is 19.5. The van der Waals surface area contributed by atoms with Crippen LogP contribution in [-0.2, 0) is 14.3 Å². The molecule has 0 aliphatic carbocycles. The third-order valence-electron chi connectivity index (χ3n) is 4.01. The summed E-state index contributed by atoms with van der Waals surface area (Å²) in [6, 6.07) is 7.34. The number of hydrogen-bond donors (Lipinski definition) is 0. The minimum Gasteiger partial charge on any atom is -0.466 e. The van der Waals surface area contributed by atoms with Crippen LogP contribution in [0.4, 0.5) is 4.79 Å². The Balaban J connectivity index is 2.78. The number of carbonyl (C=O) groups is 3. The first-order valence-corrected chi connectivity index (χ1v) is 8.44. The summed E-state index contributed by atoms with van der Waals surface area (Å²) < 4.78 is 4.92. The largest absolute Gasteiger partial charge is 0.466 e. The zero-order chi connectivity index (χ0) is 19.3. The highest BCUT2D eigenvalue weighted by atomic mass is 35.5. The number of urea groups is 1. The molecule has 1 atom stereocenters. The van der Waals surface area contributed by atoms with Crippen molar-refractivity contribution in [3.63, 3.8) is 0 Å². The van der Waals surface area contributed by atoms with Crippen LogP contribution in [-0.4, -0.2) is 47.2 Å². The smallest absolute Gasteiger partial charge is 0.338 e. The number of carbonyl (C=O) groups excluding carboxylic acids is 3. The molecule has 1 aromatic rings. The molecule has 26 heavy (non-hydrogen) atoms. The summed E-state index contributed by atoms with van der Waals surface area (Å²) in [4.78, 5) is 40.1. The Hall–Kier alpha value is -2.78. The molecule has 0 fully saturated rings. The monoisotopic (exact) mass is 374 g/mol. The minimum absolute atomic E-state index is 0.0170. The normalized spacial score (nSPS) is 16.9. The summed E-state index contributed by atoms with van der Waals surface area (Å²) in [5, 5.41) is 0. The van der Waals surface area contributed by atoms with E-state index in [-0.39, 0.29) is 23.7 Å². The standard InChI is InChI=1S/C19H19ClN2O4/c1-4-5-11-21-15(12-20)16(18(24)26-3)17(14-9-7-6-8-10-14)22(13(2)23)19(21)25/h6-10,17H,11-12H2,1-3H3. The third-order valence-corrected chi connectivity index (χ3v) is 4.26. The van der Waals surface area contributed by atoms with Crippen molar-refractivity contribution in [3.05, 3.63) is 47.2 Å². The molecule has 0 spiro atoms. The Kier molecular flexibility index (Phi) is 6.42. The van der Waals surface area contributed by atoms with E-state index in [1.807, 2.05) is 0 Å². The predicted octanol–water partition coefficient (Wildman–Crippen LogP) is 2.70. The molecule has 1 unspecified atom stereocenters. The second-order valence-electron chi connectivity index (χ2n) is 5.48. The summed E-state index contributed by atoms with van der Waals surface area (Å²) in [6.07, 6.45) is 0. The molecule has 2 rings (SSSR count). The summed E-state index contributed by atoms with van der Waals surface area (Å²) >= 11 is 6.08. The number of halogens is 1. The average molecular weight is 375 g/mol. The number of allylic oxidation sites excluding steroid dienone is 1. The van der Waals surface area contributed by atoms with Gasteiger partial charge in [0.05, 0.1) is 30.8 Å². The van der Waals surface area contributed by atoms with Crippen LogP contribution < -0.4 is 0 Å². The Morgan fingerprint density at radius 2 is 1.92 bits per heavy atom. The van der Waals surface area contributed by atoms with Crippen molar-refractivity contribution in [2.75, 3.05) is 19.5 Å². The molecule has 1 heterocycles. The molecule has 136 valence electrons. The van der Waals surface area contributed by atoms with Crippen molar-refractivity contribution < 1.29 is 19.1 Å². The lowest BCUT2D eigenvalue weighted by Gasteiger charge is -2.41. The van der Waals surface area contributed by atoms with Crippen LogP contribution in [0.1, 0.15) is 25.5 Å². The van der Waals surface area contributed by atoms with E-state index in [2.05, 4.69) is 11.8 Å². The molecular formula is C19H19ClN2O4. The van der Waals surface area contributed by atoms with Gasteiger partial charge in [-0.2, -0.15) is 0 Å². The molecule has 0 bridgehead atoms. The predicted molar refractivity (Wildman–Crippen MR) is 97.0 cm³/mol. The Morgan fingerprint density at radius 1 is 1.27 bits per heavy atom. The number of amides is 3. The van der Waals surface area contributed by atoms with Gasteiger partial charge in [-0.25, -0.2) is 9.59 Å². The number of rotatable bonds is 4. The lowest BCUT2D eigenvalue weighted by molar-refractivity contribution is -0.138. The van der Waals surface area contributed by atoms with Gasteiger partial charge >= 0.3 is 12.0 Å². The minimum atomic E-state index is -0.909. The number of alkyl halides is 1. The lowest BCUT2D eigenvalue weighted by atomic mass is 9.93. The van der Waals surface area contributed by atoms with E-state index >= 15 is 0 Å². The maximum absolute atomic E-state index is 13.0. The van der Waals surface area contributed by atoms with E-state index in [0.717, 1.165) is 4.90 Å². The van der Waals surface area contributed by atoms with Crippen LogP contribution in [0.15, 0.2) is 41.6 Å². The number of ether oxygens (including phenoxy) is 1. The first-order valence-electron chi connectivity index (χ1n) is 7.91. The van der Waals surface area contributed by atoms with Crippen LogP contribution >= 0.6 is 11.6 Å². The highest BCUT2D eigenvalue weighted by Gasteiger charge is 2.44. The van der Waals surface area contributed by atoms with Crippen molar-refractivity contribution in [3.8, 4) is 11.8 Å². The Labute approximate surface area is 157 Å². The van der Waals surface area contributed by atoms with Gasteiger partial charge in [0.25, 0.3) is 0 Å². The van der Waals surface area contributed by atoms with Crippen molar-refractivity contribution in [2.24, 2.45) is 0 Å². The molecule has 1 aromatic carbocycles. The molecule has 0 radical (unpaired) electrons. The fraction of sp³-hybridized carbons (Fsp3) is 0.316. The molecule has 6 nitrogen and oxygen atoms in total. The number of methoxy groups -OCH3 is 1. The lowest BCUT2D eigenvalue weighted by Crippen LogP contribution is -2.53. The highest BCUT2D eigenvalue weighted by molar-refractivity contribution is 6.20. The molecule has 3 amide bonds. The van der Waals surface area contributed by atoms with Gasteiger partial charge in [-0.05, 0) is 12.5 Å².